The number of aromatic nitrogens is 2. The van der Waals surface area contributed by atoms with Gasteiger partial charge in [-0.3, -0.25) is 19.3 Å². The van der Waals surface area contributed by atoms with E-state index in [2.05, 4.69) is 4.98 Å². The third kappa shape index (κ3) is 3.17. The van der Waals surface area contributed by atoms with Crippen LogP contribution in [0.3, 0.4) is 0 Å². The van der Waals surface area contributed by atoms with Gasteiger partial charge < -0.3 is 5.11 Å². The molecule has 0 radical (unpaired) electrons. The molecule has 2 heterocycles. The van der Waals surface area contributed by atoms with Gasteiger partial charge in [0.25, 0.3) is 11.2 Å². The summed E-state index contributed by atoms with van der Waals surface area (Å²) in [6.45, 7) is 1.59. The molecule has 0 aliphatic rings. The number of nitrogens with zero attached hydrogens (tertiary/aromatic N) is 3. The maximum atomic E-state index is 12.4. The van der Waals surface area contributed by atoms with Gasteiger partial charge in [-0.25, -0.2) is 9.78 Å². The van der Waals surface area contributed by atoms with E-state index in [1.54, 1.807) is 31.2 Å². The predicted molar refractivity (Wildman–Crippen MR) is 93.1 cm³/mol. The molecule has 126 valence electrons. The van der Waals surface area contributed by atoms with E-state index in [4.69, 9.17) is 5.11 Å². The molecule has 0 saturated heterocycles. The minimum absolute atomic E-state index is 0.0174. The molecular weight excluding hydrogens is 346 g/mol. The lowest BCUT2D eigenvalue weighted by molar-refractivity contribution is -0.384. The monoisotopic (exact) mass is 357 g/mol. The van der Waals surface area contributed by atoms with Crippen molar-refractivity contribution in [3.63, 3.8) is 0 Å². The van der Waals surface area contributed by atoms with Crippen LogP contribution in [0.1, 0.15) is 26.5 Å². The average Bonchev–Trinajstić information content (AvgIpc) is 3.01. The van der Waals surface area contributed by atoms with E-state index in [0.29, 0.717) is 16.8 Å². The molecule has 0 fully saturated rings. The van der Waals surface area contributed by atoms with Crippen LogP contribution in [0.25, 0.3) is 17.1 Å². The lowest BCUT2D eigenvalue weighted by atomic mass is 10.1. The molecule has 0 bridgehead atoms. The zero-order valence-corrected chi connectivity index (χ0v) is 13.7. The zero-order chi connectivity index (χ0) is 18.1. The molecular formula is C16H11N3O5S. The van der Waals surface area contributed by atoms with Crippen LogP contribution < -0.4 is 5.56 Å². The van der Waals surface area contributed by atoms with Crippen LogP contribution >= 0.6 is 11.3 Å². The second-order valence-corrected chi connectivity index (χ2v) is 6.17. The molecule has 0 aliphatic carbocycles. The fraction of sp³-hybridized carbons (Fsp3) is 0.0625. The number of benzene rings is 1. The summed E-state index contributed by atoms with van der Waals surface area (Å²) < 4.78 is 1.20. The molecule has 0 spiro atoms. The minimum Gasteiger partial charge on any atom is -0.477 e. The molecule has 0 amide bonds. The first kappa shape index (κ1) is 16.5. The Kier molecular flexibility index (Phi) is 4.15. The Labute approximate surface area is 144 Å². The first-order valence-electron chi connectivity index (χ1n) is 7.05. The molecule has 2 aromatic heterocycles. The highest BCUT2D eigenvalue weighted by Crippen LogP contribution is 2.18. The number of nitro groups is 1. The number of thiazole rings is 1. The van der Waals surface area contributed by atoms with Gasteiger partial charge >= 0.3 is 5.97 Å². The van der Waals surface area contributed by atoms with Crippen LogP contribution in [0, 0.1) is 17.0 Å². The Morgan fingerprint density at radius 1 is 1.40 bits per heavy atom. The summed E-state index contributed by atoms with van der Waals surface area (Å²) in [7, 11) is 0. The quantitative estimate of drug-likeness (QED) is 0.567. The highest BCUT2D eigenvalue weighted by atomic mass is 32.1. The van der Waals surface area contributed by atoms with Gasteiger partial charge in [0, 0.05) is 23.9 Å². The molecule has 0 saturated carbocycles. The summed E-state index contributed by atoms with van der Waals surface area (Å²) in [4.78, 5) is 38.3. The smallest absolute Gasteiger partial charge is 0.347 e. The van der Waals surface area contributed by atoms with E-state index in [1.165, 1.54) is 22.7 Å². The average molecular weight is 357 g/mol. The van der Waals surface area contributed by atoms with Crippen molar-refractivity contribution in [2.45, 2.75) is 6.92 Å². The number of hydrogen-bond donors (Lipinski definition) is 1. The highest BCUT2D eigenvalue weighted by Gasteiger charge is 2.14. The number of carboxylic acids is 1. The number of carbonyl (C=O) groups is 1. The van der Waals surface area contributed by atoms with Crippen LogP contribution in [0.2, 0.25) is 0 Å². The van der Waals surface area contributed by atoms with Crippen LogP contribution in [-0.4, -0.2) is 25.4 Å². The van der Waals surface area contributed by atoms with E-state index in [9.17, 15) is 19.7 Å². The standard InChI is InChI=1S/C16H11N3O5S/c1-9-12(6-5-10-3-2-4-11(7-10)19(23)24)17-16-18(14(9)20)8-13(25-16)15(21)22/h2-8H,1H3,(H,21,22)/b6-5+. The van der Waals surface area contributed by atoms with Gasteiger partial charge in [0.2, 0.25) is 0 Å². The number of carboxylic acid groups (broad SMARTS) is 1. The van der Waals surface area contributed by atoms with Crippen molar-refractivity contribution in [3.05, 3.63) is 72.6 Å². The van der Waals surface area contributed by atoms with E-state index in [1.807, 2.05) is 0 Å². The number of non-ortho nitro benzene ring substituents is 1. The van der Waals surface area contributed by atoms with E-state index in [-0.39, 0.29) is 21.1 Å². The van der Waals surface area contributed by atoms with Crippen molar-refractivity contribution in [3.8, 4) is 0 Å². The topological polar surface area (TPSA) is 115 Å². The van der Waals surface area contributed by atoms with Crippen LogP contribution in [0.15, 0.2) is 35.3 Å². The molecule has 1 aromatic carbocycles. The summed E-state index contributed by atoms with van der Waals surface area (Å²) in [6, 6.07) is 6.05. The SMILES string of the molecule is Cc1c(/C=C/c2cccc([N+](=O)[O-])c2)nc2sc(C(=O)O)cn2c1=O. The van der Waals surface area contributed by atoms with Gasteiger partial charge in [-0.15, -0.1) is 0 Å². The van der Waals surface area contributed by atoms with Gasteiger partial charge in [-0.1, -0.05) is 29.5 Å². The van der Waals surface area contributed by atoms with Crippen molar-refractivity contribution < 1.29 is 14.8 Å². The van der Waals surface area contributed by atoms with Crippen LogP contribution in [-0.2, 0) is 0 Å². The van der Waals surface area contributed by atoms with Gasteiger partial charge in [0.15, 0.2) is 4.96 Å². The Bertz CT molecular complexity index is 1100. The van der Waals surface area contributed by atoms with Gasteiger partial charge in [0.1, 0.15) is 4.88 Å². The molecule has 0 atom stereocenters. The first-order valence-corrected chi connectivity index (χ1v) is 7.87. The fourth-order valence-corrected chi connectivity index (χ4v) is 3.04. The molecule has 0 aliphatic heterocycles. The number of rotatable bonds is 4. The van der Waals surface area contributed by atoms with Crippen molar-refractivity contribution in [2.24, 2.45) is 0 Å². The summed E-state index contributed by atoms with van der Waals surface area (Å²) in [5.41, 5.74) is 0.941. The van der Waals surface area contributed by atoms with Gasteiger partial charge in [-0.2, -0.15) is 0 Å². The summed E-state index contributed by atoms with van der Waals surface area (Å²) >= 11 is 0.900. The number of hydrogen-bond acceptors (Lipinski definition) is 6. The van der Waals surface area contributed by atoms with Crippen molar-refractivity contribution in [2.75, 3.05) is 0 Å². The third-order valence-electron chi connectivity index (χ3n) is 3.52. The van der Waals surface area contributed by atoms with Gasteiger partial charge in [0.05, 0.1) is 10.6 Å². The summed E-state index contributed by atoms with van der Waals surface area (Å²) in [6.07, 6.45) is 4.44. The zero-order valence-electron chi connectivity index (χ0n) is 12.9. The summed E-state index contributed by atoms with van der Waals surface area (Å²) in [5.74, 6) is -1.12. The fourth-order valence-electron chi connectivity index (χ4n) is 2.22. The van der Waals surface area contributed by atoms with Crippen LogP contribution in [0.5, 0.6) is 0 Å². The highest BCUT2D eigenvalue weighted by molar-refractivity contribution is 7.18. The first-order chi connectivity index (χ1) is 11.9. The van der Waals surface area contributed by atoms with E-state index in [0.717, 1.165) is 11.3 Å². The molecule has 8 nitrogen and oxygen atoms in total. The van der Waals surface area contributed by atoms with Crippen molar-refractivity contribution in [1.82, 2.24) is 9.38 Å². The molecule has 1 N–H and O–H groups in total. The molecule has 25 heavy (non-hydrogen) atoms. The second-order valence-electron chi connectivity index (χ2n) is 5.17. The Morgan fingerprint density at radius 3 is 2.84 bits per heavy atom. The maximum absolute atomic E-state index is 12.4. The Balaban J connectivity index is 2.05. The number of aromatic carboxylic acids is 1. The van der Waals surface area contributed by atoms with Crippen LogP contribution in [0.4, 0.5) is 5.69 Å². The normalized spacial score (nSPS) is 11.2. The second kappa shape index (κ2) is 6.29. The number of fused-ring (bicyclic) bond motifs is 1. The van der Waals surface area contributed by atoms with Crippen molar-refractivity contribution in [1.29, 1.82) is 0 Å². The lowest BCUT2D eigenvalue weighted by Crippen LogP contribution is -2.17. The minimum atomic E-state index is -1.12. The van der Waals surface area contributed by atoms with Gasteiger partial charge in [-0.05, 0) is 18.6 Å². The Morgan fingerprint density at radius 2 is 2.16 bits per heavy atom. The molecule has 9 heteroatoms. The Hall–Kier alpha value is -3.33. The third-order valence-corrected chi connectivity index (χ3v) is 4.49. The molecule has 3 aromatic rings. The maximum Gasteiger partial charge on any atom is 0.347 e. The predicted octanol–water partition coefficient (Wildman–Crippen LogP) is 2.84. The van der Waals surface area contributed by atoms with E-state index < -0.39 is 10.9 Å². The van der Waals surface area contributed by atoms with Crippen molar-refractivity contribution >= 4 is 40.1 Å². The molecule has 3 rings (SSSR count). The summed E-state index contributed by atoms with van der Waals surface area (Å²) in [5, 5.41) is 19.8. The molecule has 0 unspecified atom stereocenters. The number of nitro benzene ring substituents is 1. The lowest BCUT2D eigenvalue weighted by Gasteiger charge is -2.00. The van der Waals surface area contributed by atoms with E-state index >= 15 is 0 Å². The largest absolute Gasteiger partial charge is 0.477 e.